The van der Waals surface area contributed by atoms with Crippen molar-refractivity contribution in [3.63, 3.8) is 0 Å². The summed E-state index contributed by atoms with van der Waals surface area (Å²) < 4.78 is 0. The van der Waals surface area contributed by atoms with E-state index in [1.807, 2.05) is 0 Å². The number of carbonyl (C=O) groups is 1. The molecule has 3 atom stereocenters. The van der Waals surface area contributed by atoms with Crippen LogP contribution < -0.4 is 11.1 Å². The SMILES string of the molecule is CC(CC(=O)NC1CC1N)CC(C)(C)C. The van der Waals surface area contributed by atoms with E-state index in [-0.39, 0.29) is 18.0 Å². The van der Waals surface area contributed by atoms with Gasteiger partial charge in [-0.3, -0.25) is 4.79 Å². The van der Waals surface area contributed by atoms with Gasteiger partial charge in [-0.15, -0.1) is 0 Å². The Morgan fingerprint density at radius 3 is 2.47 bits per heavy atom. The van der Waals surface area contributed by atoms with Crippen LogP contribution in [-0.2, 0) is 4.79 Å². The molecular weight excluding hydrogens is 188 g/mol. The Labute approximate surface area is 92.8 Å². The van der Waals surface area contributed by atoms with Crippen LogP contribution in [0.4, 0.5) is 0 Å². The molecule has 1 saturated carbocycles. The van der Waals surface area contributed by atoms with E-state index in [2.05, 4.69) is 33.0 Å². The summed E-state index contributed by atoms with van der Waals surface area (Å²) in [5.41, 5.74) is 5.93. The van der Waals surface area contributed by atoms with Gasteiger partial charge in [-0.1, -0.05) is 27.7 Å². The van der Waals surface area contributed by atoms with Crippen LogP contribution in [0, 0.1) is 11.3 Å². The number of amides is 1. The maximum Gasteiger partial charge on any atom is 0.220 e. The average molecular weight is 212 g/mol. The van der Waals surface area contributed by atoms with Gasteiger partial charge in [0, 0.05) is 18.5 Å². The van der Waals surface area contributed by atoms with E-state index in [1.165, 1.54) is 0 Å². The summed E-state index contributed by atoms with van der Waals surface area (Å²) in [6.45, 7) is 8.76. The summed E-state index contributed by atoms with van der Waals surface area (Å²) >= 11 is 0. The van der Waals surface area contributed by atoms with Crippen molar-refractivity contribution in [2.75, 3.05) is 0 Å². The first kappa shape index (κ1) is 12.5. The lowest BCUT2D eigenvalue weighted by Gasteiger charge is -2.22. The average Bonchev–Trinajstić information content (AvgIpc) is 2.60. The van der Waals surface area contributed by atoms with Crippen molar-refractivity contribution in [1.82, 2.24) is 5.32 Å². The maximum atomic E-state index is 11.6. The van der Waals surface area contributed by atoms with Gasteiger partial charge in [0.25, 0.3) is 0 Å². The predicted molar refractivity (Wildman–Crippen MR) is 62.4 cm³/mol. The van der Waals surface area contributed by atoms with E-state index in [9.17, 15) is 4.79 Å². The molecule has 0 bridgehead atoms. The zero-order chi connectivity index (χ0) is 11.6. The molecule has 3 N–H and O–H groups in total. The lowest BCUT2D eigenvalue weighted by atomic mass is 9.84. The molecule has 0 aromatic rings. The van der Waals surface area contributed by atoms with Crippen molar-refractivity contribution >= 4 is 5.91 Å². The largest absolute Gasteiger partial charge is 0.352 e. The van der Waals surface area contributed by atoms with Gasteiger partial charge >= 0.3 is 0 Å². The van der Waals surface area contributed by atoms with Crippen LogP contribution in [0.2, 0.25) is 0 Å². The summed E-state index contributed by atoms with van der Waals surface area (Å²) in [4.78, 5) is 11.6. The third kappa shape index (κ3) is 5.17. The van der Waals surface area contributed by atoms with Crippen LogP contribution in [0.5, 0.6) is 0 Å². The second kappa shape index (κ2) is 4.52. The first-order chi connectivity index (χ1) is 6.78. The maximum absolute atomic E-state index is 11.6. The summed E-state index contributed by atoms with van der Waals surface area (Å²) in [6, 6.07) is 0.450. The van der Waals surface area contributed by atoms with Gasteiger partial charge < -0.3 is 11.1 Å². The summed E-state index contributed by atoms with van der Waals surface area (Å²) in [7, 11) is 0. The minimum atomic E-state index is 0.157. The summed E-state index contributed by atoms with van der Waals surface area (Å²) in [6.07, 6.45) is 2.65. The highest BCUT2D eigenvalue weighted by atomic mass is 16.1. The summed E-state index contributed by atoms with van der Waals surface area (Å²) in [5.74, 6) is 0.602. The number of nitrogens with one attached hydrogen (secondary N) is 1. The van der Waals surface area contributed by atoms with Gasteiger partial charge in [0.2, 0.25) is 5.91 Å². The first-order valence-electron chi connectivity index (χ1n) is 5.83. The molecule has 0 aliphatic heterocycles. The van der Waals surface area contributed by atoms with E-state index in [1.54, 1.807) is 0 Å². The molecule has 3 nitrogen and oxygen atoms in total. The third-order valence-corrected chi connectivity index (χ3v) is 2.68. The van der Waals surface area contributed by atoms with Crippen LogP contribution in [0.25, 0.3) is 0 Å². The van der Waals surface area contributed by atoms with E-state index in [0.29, 0.717) is 17.8 Å². The Morgan fingerprint density at radius 2 is 2.07 bits per heavy atom. The third-order valence-electron chi connectivity index (χ3n) is 2.68. The van der Waals surface area contributed by atoms with Crippen LogP contribution in [0.1, 0.15) is 47.0 Å². The molecule has 0 heterocycles. The molecule has 88 valence electrons. The molecule has 1 aliphatic carbocycles. The molecule has 15 heavy (non-hydrogen) atoms. The standard InChI is InChI=1S/C12H24N2O/c1-8(7-12(2,3)4)5-11(15)14-10-6-9(10)13/h8-10H,5-7,13H2,1-4H3,(H,14,15). The zero-order valence-electron chi connectivity index (χ0n) is 10.3. The molecule has 3 heteroatoms. The molecule has 1 fully saturated rings. The molecular formula is C12H24N2O. The molecule has 0 aromatic heterocycles. The monoisotopic (exact) mass is 212 g/mol. The van der Waals surface area contributed by atoms with Gasteiger partial charge in [0.1, 0.15) is 0 Å². The van der Waals surface area contributed by atoms with Gasteiger partial charge in [-0.2, -0.15) is 0 Å². The van der Waals surface area contributed by atoms with Crippen LogP contribution in [-0.4, -0.2) is 18.0 Å². The van der Waals surface area contributed by atoms with E-state index in [4.69, 9.17) is 5.73 Å². The number of rotatable bonds is 4. The number of hydrogen-bond donors (Lipinski definition) is 2. The minimum Gasteiger partial charge on any atom is -0.352 e. The van der Waals surface area contributed by atoms with Crippen molar-refractivity contribution in [3.05, 3.63) is 0 Å². The number of carbonyl (C=O) groups excluding carboxylic acids is 1. The van der Waals surface area contributed by atoms with Crippen molar-refractivity contribution in [1.29, 1.82) is 0 Å². The first-order valence-corrected chi connectivity index (χ1v) is 5.83. The Hall–Kier alpha value is -0.570. The Bertz CT molecular complexity index is 232. The highest BCUT2D eigenvalue weighted by Crippen LogP contribution is 2.26. The number of nitrogens with two attached hydrogens (primary N) is 1. The van der Waals surface area contributed by atoms with Crippen molar-refractivity contribution in [2.24, 2.45) is 17.1 Å². The van der Waals surface area contributed by atoms with Gasteiger partial charge in [-0.05, 0) is 24.2 Å². The van der Waals surface area contributed by atoms with Crippen LogP contribution in [0.3, 0.4) is 0 Å². The number of hydrogen-bond acceptors (Lipinski definition) is 2. The second-order valence-electron chi connectivity index (χ2n) is 6.15. The van der Waals surface area contributed by atoms with Crippen molar-refractivity contribution in [3.8, 4) is 0 Å². The van der Waals surface area contributed by atoms with Crippen LogP contribution >= 0.6 is 0 Å². The Kier molecular flexibility index (Phi) is 3.77. The molecule has 3 unspecified atom stereocenters. The fourth-order valence-electron chi connectivity index (χ4n) is 2.08. The lowest BCUT2D eigenvalue weighted by molar-refractivity contribution is -0.122. The van der Waals surface area contributed by atoms with E-state index in [0.717, 1.165) is 12.8 Å². The van der Waals surface area contributed by atoms with Gasteiger partial charge in [0.05, 0.1) is 0 Å². The van der Waals surface area contributed by atoms with E-state index >= 15 is 0 Å². The highest BCUT2D eigenvalue weighted by molar-refractivity contribution is 5.77. The fourth-order valence-corrected chi connectivity index (χ4v) is 2.08. The van der Waals surface area contributed by atoms with Gasteiger partial charge in [0.15, 0.2) is 0 Å². The Balaban J connectivity index is 2.19. The van der Waals surface area contributed by atoms with Crippen molar-refractivity contribution < 1.29 is 4.79 Å². The van der Waals surface area contributed by atoms with Crippen molar-refractivity contribution in [2.45, 2.75) is 59.0 Å². The molecule has 0 saturated heterocycles. The van der Waals surface area contributed by atoms with Gasteiger partial charge in [-0.25, -0.2) is 0 Å². The molecule has 1 aliphatic rings. The van der Waals surface area contributed by atoms with E-state index < -0.39 is 0 Å². The molecule has 0 spiro atoms. The predicted octanol–water partition coefficient (Wildman–Crippen LogP) is 1.66. The molecule has 0 aromatic carbocycles. The second-order valence-corrected chi connectivity index (χ2v) is 6.15. The molecule has 1 amide bonds. The summed E-state index contributed by atoms with van der Waals surface area (Å²) in [5, 5.41) is 2.96. The lowest BCUT2D eigenvalue weighted by Crippen LogP contribution is -2.31. The molecule has 1 rings (SSSR count). The van der Waals surface area contributed by atoms with Crippen LogP contribution in [0.15, 0.2) is 0 Å². The molecule has 0 radical (unpaired) electrons. The topological polar surface area (TPSA) is 55.1 Å². The zero-order valence-corrected chi connectivity index (χ0v) is 10.3. The normalized spacial score (nSPS) is 27.3. The Morgan fingerprint density at radius 1 is 1.53 bits per heavy atom. The highest BCUT2D eigenvalue weighted by Gasteiger charge is 2.34. The fraction of sp³-hybridized carbons (Fsp3) is 0.917. The smallest absolute Gasteiger partial charge is 0.220 e. The quantitative estimate of drug-likeness (QED) is 0.744. The minimum absolute atomic E-state index is 0.157.